The Bertz CT molecular complexity index is 1790. The second-order valence-electron chi connectivity index (χ2n) is 10.5. The van der Waals surface area contributed by atoms with E-state index in [4.69, 9.17) is 34.7 Å². The van der Waals surface area contributed by atoms with E-state index in [-0.39, 0.29) is 11.6 Å². The van der Waals surface area contributed by atoms with Gasteiger partial charge in [0.05, 0.1) is 38.3 Å². The number of hydrogen-bond acceptors (Lipinski definition) is 5. The predicted molar refractivity (Wildman–Crippen MR) is 172 cm³/mol. The van der Waals surface area contributed by atoms with Crippen LogP contribution < -0.4 is 5.43 Å². The molecule has 0 atom stereocenters. The molecule has 0 spiro atoms. The van der Waals surface area contributed by atoms with Gasteiger partial charge in [-0.25, -0.2) is 9.69 Å². The molecule has 1 N–H and O–H groups in total. The molecule has 0 unspecified atom stereocenters. The van der Waals surface area contributed by atoms with E-state index in [1.165, 1.54) is 23.5 Å². The molecule has 0 aliphatic carbocycles. The lowest BCUT2D eigenvalue weighted by atomic mass is 10.1. The van der Waals surface area contributed by atoms with E-state index >= 15 is 0 Å². The number of alkyl halides is 3. The van der Waals surface area contributed by atoms with Gasteiger partial charge in [-0.2, -0.15) is 18.3 Å². The van der Waals surface area contributed by atoms with Crippen LogP contribution in [-0.4, -0.2) is 52.3 Å². The zero-order valence-electron chi connectivity index (χ0n) is 24.2. The van der Waals surface area contributed by atoms with Gasteiger partial charge in [0.25, 0.3) is 5.91 Å². The van der Waals surface area contributed by atoms with E-state index in [0.29, 0.717) is 50.5 Å². The van der Waals surface area contributed by atoms with Crippen molar-refractivity contribution in [1.29, 1.82) is 0 Å². The summed E-state index contributed by atoms with van der Waals surface area (Å²) in [4.78, 5) is 17.1. The highest BCUT2D eigenvalue weighted by Gasteiger charge is 2.30. The van der Waals surface area contributed by atoms with Crippen molar-refractivity contribution < 1.29 is 18.0 Å². The highest BCUT2D eigenvalue weighted by Crippen LogP contribution is 2.37. The molecule has 1 amide bonds. The van der Waals surface area contributed by atoms with Crippen molar-refractivity contribution >= 4 is 40.4 Å². The molecule has 2 aromatic heterocycles. The van der Waals surface area contributed by atoms with Crippen molar-refractivity contribution in [3.63, 3.8) is 0 Å². The van der Waals surface area contributed by atoms with Gasteiger partial charge in [0.15, 0.2) is 5.69 Å². The molecule has 0 radical (unpaired) electrons. The summed E-state index contributed by atoms with van der Waals surface area (Å²) in [7, 11) is 1.86. The summed E-state index contributed by atoms with van der Waals surface area (Å²) in [5.74, 6) is 8.27. The maximum atomic E-state index is 13.8. The van der Waals surface area contributed by atoms with Gasteiger partial charge in [0.2, 0.25) is 0 Å². The van der Waals surface area contributed by atoms with Crippen LogP contribution in [0.25, 0.3) is 16.3 Å². The molecule has 45 heavy (non-hydrogen) atoms. The first kappa shape index (κ1) is 32.6. The third kappa shape index (κ3) is 7.91. The zero-order valence-corrected chi connectivity index (χ0v) is 26.5. The molecule has 2 aromatic carbocycles. The molecule has 0 saturated carbocycles. The smallest absolute Gasteiger partial charge is 0.291 e. The minimum absolute atomic E-state index is 0.233. The molecule has 3 heterocycles. The van der Waals surface area contributed by atoms with E-state index in [9.17, 15) is 18.0 Å². The lowest BCUT2D eigenvalue weighted by molar-refractivity contribution is -0.137. The first-order chi connectivity index (χ1) is 21.5. The number of nitrogens with one attached hydrogen (secondary N) is 1. The topological polar surface area (TPSA) is 53.4 Å². The number of hydrogen-bond donors (Lipinski definition) is 1. The van der Waals surface area contributed by atoms with Gasteiger partial charge in [-0.3, -0.25) is 15.1 Å². The number of benzene rings is 2. The Balaban J connectivity index is 1.59. The van der Waals surface area contributed by atoms with E-state index in [2.05, 4.69) is 23.2 Å². The van der Waals surface area contributed by atoms with Gasteiger partial charge in [0.1, 0.15) is 0 Å². The highest BCUT2D eigenvalue weighted by molar-refractivity contribution is 7.16. The van der Waals surface area contributed by atoms with Crippen LogP contribution in [0.15, 0.2) is 54.6 Å². The average Bonchev–Trinajstić information content (AvgIpc) is 3.61. The second kappa shape index (κ2) is 14.1. The van der Waals surface area contributed by atoms with Crippen LogP contribution >= 0.6 is 34.5 Å². The Labute approximate surface area is 273 Å². The Kier molecular flexibility index (Phi) is 10.2. The van der Waals surface area contributed by atoms with Gasteiger partial charge in [-0.05, 0) is 74.5 Å². The number of piperidine rings is 1. The summed E-state index contributed by atoms with van der Waals surface area (Å²) in [6.07, 6.45) is 4.28. The van der Waals surface area contributed by atoms with Crippen LogP contribution in [0.4, 0.5) is 13.2 Å². The van der Waals surface area contributed by atoms with Gasteiger partial charge >= 0.3 is 6.18 Å². The molecule has 232 valence electrons. The van der Waals surface area contributed by atoms with Crippen LogP contribution in [0.5, 0.6) is 0 Å². The molecule has 1 fully saturated rings. The summed E-state index contributed by atoms with van der Waals surface area (Å²) < 4.78 is 40.5. The Hall–Kier alpha value is -3.77. The summed E-state index contributed by atoms with van der Waals surface area (Å²) in [5, 5.41) is 7.51. The molecule has 0 bridgehead atoms. The fraction of sp³-hybridized carbons (Fsp3) is 0.273. The molecule has 12 heteroatoms. The molecule has 1 saturated heterocycles. The lowest BCUT2D eigenvalue weighted by Gasteiger charge is -2.26. The number of nitrogens with zero attached hydrogens (tertiary/aromatic N) is 4. The number of carbonyl (C=O) groups is 1. The standard InChI is InChI=1S/C33H28Cl2F3N5OS/c1-3-17-41(2)21-26-30(32(44)40-42-18-5-4-6-19-42)39-43(28-15-12-24(34)20-27(28)35)31(26)29-16-14-25(45-29)13-9-22-7-10-23(11-8-22)33(36,37)38/h1,7-8,10-12,14-16,20H,4-6,17-19,21H2,2H3,(H,40,44). The summed E-state index contributed by atoms with van der Waals surface area (Å²) >= 11 is 14.2. The zero-order chi connectivity index (χ0) is 32.1. The van der Waals surface area contributed by atoms with E-state index in [1.54, 1.807) is 22.9 Å². The van der Waals surface area contributed by atoms with Gasteiger partial charge in [0, 0.05) is 35.8 Å². The van der Waals surface area contributed by atoms with Crippen LogP contribution in [0, 0.1) is 24.2 Å². The predicted octanol–water partition coefficient (Wildman–Crippen LogP) is 7.52. The Morgan fingerprint density at radius 1 is 1.07 bits per heavy atom. The molecule has 5 rings (SSSR count). The number of thiophene rings is 1. The van der Waals surface area contributed by atoms with Crippen LogP contribution in [0.2, 0.25) is 10.0 Å². The number of halogens is 5. The van der Waals surface area contributed by atoms with Crippen molar-refractivity contribution in [1.82, 2.24) is 25.1 Å². The van der Waals surface area contributed by atoms with Crippen LogP contribution in [0.1, 0.15) is 51.3 Å². The number of aromatic nitrogens is 2. The summed E-state index contributed by atoms with van der Waals surface area (Å²) in [6.45, 7) is 2.16. The second-order valence-corrected chi connectivity index (χ2v) is 12.5. The van der Waals surface area contributed by atoms with E-state index in [1.807, 2.05) is 29.1 Å². The number of carbonyl (C=O) groups excluding carboxylic acids is 1. The van der Waals surface area contributed by atoms with Crippen molar-refractivity contribution in [3.8, 4) is 40.4 Å². The minimum atomic E-state index is -4.42. The summed E-state index contributed by atoms with van der Waals surface area (Å²) in [5.41, 5.74) is 4.79. The number of terminal acetylenes is 1. The third-order valence-corrected chi connectivity index (χ3v) is 8.67. The SMILES string of the molecule is C#CCN(C)Cc1c(C(=O)NN2CCCCC2)nn(-c2ccc(Cl)cc2Cl)c1-c1ccc(C#Cc2ccc(C(F)(F)F)cc2)s1. The highest BCUT2D eigenvalue weighted by atomic mass is 35.5. The monoisotopic (exact) mass is 669 g/mol. The Morgan fingerprint density at radius 2 is 1.80 bits per heavy atom. The maximum absolute atomic E-state index is 13.8. The first-order valence-electron chi connectivity index (χ1n) is 14.1. The van der Waals surface area contributed by atoms with Crippen molar-refractivity contribution in [3.05, 3.63) is 91.9 Å². The first-order valence-corrected chi connectivity index (χ1v) is 15.7. The van der Waals surface area contributed by atoms with Gasteiger partial charge in [-0.1, -0.05) is 47.4 Å². The fourth-order valence-electron chi connectivity index (χ4n) is 4.96. The van der Waals surface area contributed by atoms with Crippen LogP contribution in [0.3, 0.4) is 0 Å². The third-order valence-electron chi connectivity index (χ3n) is 7.12. The molecule has 1 aliphatic rings. The number of hydrazine groups is 1. The van der Waals surface area contributed by atoms with Crippen molar-refractivity contribution in [2.45, 2.75) is 32.0 Å². The molecule has 4 aromatic rings. The Morgan fingerprint density at radius 3 is 2.47 bits per heavy atom. The quantitative estimate of drug-likeness (QED) is 0.207. The fourth-order valence-corrected chi connectivity index (χ4v) is 6.36. The van der Waals surface area contributed by atoms with E-state index < -0.39 is 11.7 Å². The summed E-state index contributed by atoms with van der Waals surface area (Å²) in [6, 6.07) is 13.4. The van der Waals surface area contributed by atoms with Gasteiger partial charge in [-0.15, -0.1) is 17.8 Å². The lowest BCUT2D eigenvalue weighted by Crippen LogP contribution is -2.45. The van der Waals surface area contributed by atoms with Gasteiger partial charge < -0.3 is 0 Å². The van der Waals surface area contributed by atoms with E-state index in [0.717, 1.165) is 49.4 Å². The number of rotatable bonds is 7. The average molecular weight is 671 g/mol. The molecule has 1 aliphatic heterocycles. The number of amides is 1. The molecular formula is C33H28Cl2F3N5OS. The molecule has 6 nitrogen and oxygen atoms in total. The maximum Gasteiger partial charge on any atom is 0.416 e. The minimum Gasteiger partial charge on any atom is -0.291 e. The van der Waals surface area contributed by atoms with Crippen molar-refractivity contribution in [2.75, 3.05) is 26.7 Å². The largest absolute Gasteiger partial charge is 0.416 e. The van der Waals surface area contributed by atoms with Crippen LogP contribution in [-0.2, 0) is 12.7 Å². The van der Waals surface area contributed by atoms with Crippen molar-refractivity contribution in [2.24, 2.45) is 0 Å². The normalized spacial score (nSPS) is 13.7. The molecular weight excluding hydrogens is 642 g/mol.